The van der Waals surface area contributed by atoms with Gasteiger partial charge in [-0.15, -0.1) is 0 Å². The standard InChI is InChI=1S/C14H30N2O/c1-6-15-9-14(5)16(10-13(15)4)7-8-17-11-12(2)3/h12-14H,6-11H2,1-5H3/t13-,14-/m0/s1. The minimum atomic E-state index is 0.642. The molecule has 3 heteroatoms. The zero-order chi connectivity index (χ0) is 12.8. The van der Waals surface area contributed by atoms with Gasteiger partial charge >= 0.3 is 0 Å². The number of rotatable bonds is 6. The summed E-state index contributed by atoms with van der Waals surface area (Å²) in [6.45, 7) is 17.7. The van der Waals surface area contributed by atoms with Crippen LogP contribution in [-0.4, -0.2) is 61.3 Å². The van der Waals surface area contributed by atoms with Gasteiger partial charge < -0.3 is 4.74 Å². The SMILES string of the molecule is CCN1C[C@H](C)N(CCOCC(C)C)C[C@@H]1C. The summed E-state index contributed by atoms with van der Waals surface area (Å²) in [6, 6.07) is 1.34. The minimum Gasteiger partial charge on any atom is -0.380 e. The van der Waals surface area contributed by atoms with Crippen molar-refractivity contribution in [1.82, 2.24) is 9.80 Å². The van der Waals surface area contributed by atoms with Gasteiger partial charge in [-0.05, 0) is 26.3 Å². The van der Waals surface area contributed by atoms with Gasteiger partial charge in [-0.25, -0.2) is 0 Å². The highest BCUT2D eigenvalue weighted by Crippen LogP contribution is 2.14. The van der Waals surface area contributed by atoms with Gasteiger partial charge in [0.15, 0.2) is 0 Å². The van der Waals surface area contributed by atoms with E-state index in [0.717, 1.165) is 19.8 Å². The van der Waals surface area contributed by atoms with Crippen LogP contribution in [0.4, 0.5) is 0 Å². The van der Waals surface area contributed by atoms with Gasteiger partial charge in [0.1, 0.15) is 0 Å². The van der Waals surface area contributed by atoms with E-state index in [4.69, 9.17) is 4.74 Å². The van der Waals surface area contributed by atoms with E-state index < -0.39 is 0 Å². The lowest BCUT2D eigenvalue weighted by molar-refractivity contribution is 0.0179. The molecule has 1 heterocycles. The van der Waals surface area contributed by atoms with Crippen LogP contribution in [0.1, 0.15) is 34.6 Å². The Morgan fingerprint density at radius 2 is 1.71 bits per heavy atom. The number of piperazine rings is 1. The molecule has 17 heavy (non-hydrogen) atoms. The van der Waals surface area contributed by atoms with Crippen LogP contribution in [0.25, 0.3) is 0 Å². The molecule has 0 N–H and O–H groups in total. The summed E-state index contributed by atoms with van der Waals surface area (Å²) in [5.41, 5.74) is 0. The summed E-state index contributed by atoms with van der Waals surface area (Å²) in [5.74, 6) is 0.642. The maximum absolute atomic E-state index is 5.68. The first kappa shape index (κ1) is 14.9. The first-order chi connectivity index (χ1) is 8.04. The molecular formula is C14H30N2O. The first-order valence-electron chi connectivity index (χ1n) is 7.10. The van der Waals surface area contributed by atoms with Gasteiger partial charge in [0.25, 0.3) is 0 Å². The van der Waals surface area contributed by atoms with E-state index in [1.807, 2.05) is 0 Å². The van der Waals surface area contributed by atoms with Crippen LogP contribution in [0.15, 0.2) is 0 Å². The first-order valence-corrected chi connectivity index (χ1v) is 7.10. The lowest BCUT2D eigenvalue weighted by Crippen LogP contribution is -2.56. The molecule has 0 bridgehead atoms. The largest absolute Gasteiger partial charge is 0.380 e. The Balaban J connectivity index is 2.25. The Kier molecular flexibility index (Phi) is 6.45. The van der Waals surface area contributed by atoms with Crippen molar-refractivity contribution in [2.24, 2.45) is 5.92 Å². The van der Waals surface area contributed by atoms with Gasteiger partial charge in [-0.3, -0.25) is 9.80 Å². The molecule has 0 amide bonds. The summed E-state index contributed by atoms with van der Waals surface area (Å²) in [7, 11) is 0. The summed E-state index contributed by atoms with van der Waals surface area (Å²) in [5, 5.41) is 0. The second kappa shape index (κ2) is 7.34. The monoisotopic (exact) mass is 242 g/mol. The predicted molar refractivity (Wildman–Crippen MR) is 73.4 cm³/mol. The Labute approximate surface area is 107 Å². The molecule has 0 aromatic rings. The summed E-state index contributed by atoms with van der Waals surface area (Å²) >= 11 is 0. The van der Waals surface area contributed by atoms with Crippen LogP contribution >= 0.6 is 0 Å². The molecule has 2 atom stereocenters. The van der Waals surface area contributed by atoms with Gasteiger partial charge in [0.2, 0.25) is 0 Å². The summed E-state index contributed by atoms with van der Waals surface area (Å²) < 4.78 is 5.68. The van der Waals surface area contributed by atoms with E-state index in [1.165, 1.54) is 19.6 Å². The molecule has 0 saturated carbocycles. The number of ether oxygens (including phenoxy) is 1. The fourth-order valence-corrected chi connectivity index (χ4v) is 2.52. The molecule has 0 aromatic carbocycles. The third kappa shape index (κ3) is 4.94. The third-order valence-electron chi connectivity index (χ3n) is 3.62. The Morgan fingerprint density at radius 1 is 1.12 bits per heavy atom. The number of hydrogen-bond acceptors (Lipinski definition) is 3. The van der Waals surface area contributed by atoms with E-state index in [-0.39, 0.29) is 0 Å². The van der Waals surface area contributed by atoms with Crippen LogP contribution in [0.5, 0.6) is 0 Å². The summed E-state index contributed by atoms with van der Waals surface area (Å²) in [4.78, 5) is 5.13. The van der Waals surface area contributed by atoms with Crippen molar-refractivity contribution < 1.29 is 4.74 Å². The van der Waals surface area contributed by atoms with E-state index in [2.05, 4.69) is 44.4 Å². The van der Waals surface area contributed by atoms with E-state index >= 15 is 0 Å². The van der Waals surface area contributed by atoms with Gasteiger partial charge in [0, 0.05) is 38.3 Å². The maximum Gasteiger partial charge on any atom is 0.0593 e. The summed E-state index contributed by atoms with van der Waals surface area (Å²) in [6.07, 6.45) is 0. The minimum absolute atomic E-state index is 0.642. The van der Waals surface area contributed by atoms with Crippen molar-refractivity contribution in [2.45, 2.75) is 46.7 Å². The predicted octanol–water partition coefficient (Wildman–Crippen LogP) is 2.07. The van der Waals surface area contributed by atoms with Crippen molar-refractivity contribution >= 4 is 0 Å². The van der Waals surface area contributed by atoms with Crippen molar-refractivity contribution in [1.29, 1.82) is 0 Å². The molecule has 102 valence electrons. The number of likely N-dealkylation sites (N-methyl/N-ethyl adjacent to an activating group) is 1. The molecule has 0 aliphatic carbocycles. The average molecular weight is 242 g/mol. The second-order valence-corrected chi connectivity index (χ2v) is 5.75. The van der Waals surface area contributed by atoms with Crippen LogP contribution in [0.2, 0.25) is 0 Å². The van der Waals surface area contributed by atoms with Gasteiger partial charge in [0.05, 0.1) is 6.61 Å². The molecule has 1 aliphatic rings. The molecule has 1 rings (SSSR count). The zero-order valence-electron chi connectivity index (χ0n) is 12.3. The van der Waals surface area contributed by atoms with Crippen LogP contribution in [0.3, 0.4) is 0 Å². The highest BCUT2D eigenvalue weighted by molar-refractivity contribution is 4.83. The molecule has 0 spiro atoms. The normalized spacial score (nSPS) is 27.9. The maximum atomic E-state index is 5.68. The highest BCUT2D eigenvalue weighted by atomic mass is 16.5. The molecule has 0 radical (unpaired) electrons. The van der Waals surface area contributed by atoms with Crippen LogP contribution in [0, 0.1) is 5.92 Å². The topological polar surface area (TPSA) is 15.7 Å². The molecule has 1 saturated heterocycles. The Bertz CT molecular complexity index is 208. The van der Waals surface area contributed by atoms with E-state index in [9.17, 15) is 0 Å². The molecule has 3 nitrogen and oxygen atoms in total. The molecule has 0 unspecified atom stereocenters. The van der Waals surface area contributed by atoms with Crippen LogP contribution < -0.4 is 0 Å². The number of hydrogen-bond donors (Lipinski definition) is 0. The molecule has 1 aliphatic heterocycles. The van der Waals surface area contributed by atoms with Crippen molar-refractivity contribution in [3.05, 3.63) is 0 Å². The number of nitrogens with zero attached hydrogens (tertiary/aromatic N) is 2. The zero-order valence-corrected chi connectivity index (χ0v) is 12.3. The third-order valence-corrected chi connectivity index (χ3v) is 3.62. The fraction of sp³-hybridized carbons (Fsp3) is 1.00. The lowest BCUT2D eigenvalue weighted by atomic mass is 10.1. The van der Waals surface area contributed by atoms with Crippen LogP contribution in [-0.2, 0) is 4.74 Å². The Hall–Kier alpha value is -0.120. The smallest absolute Gasteiger partial charge is 0.0593 e. The van der Waals surface area contributed by atoms with Crippen molar-refractivity contribution in [3.8, 4) is 0 Å². The molecule has 0 aromatic heterocycles. The second-order valence-electron chi connectivity index (χ2n) is 5.75. The van der Waals surface area contributed by atoms with E-state index in [0.29, 0.717) is 18.0 Å². The lowest BCUT2D eigenvalue weighted by Gasteiger charge is -2.43. The Morgan fingerprint density at radius 3 is 2.29 bits per heavy atom. The highest BCUT2D eigenvalue weighted by Gasteiger charge is 2.27. The van der Waals surface area contributed by atoms with Gasteiger partial charge in [-0.2, -0.15) is 0 Å². The molecule has 1 fully saturated rings. The quantitative estimate of drug-likeness (QED) is 0.663. The average Bonchev–Trinajstić information content (AvgIpc) is 2.28. The van der Waals surface area contributed by atoms with E-state index in [1.54, 1.807) is 0 Å². The van der Waals surface area contributed by atoms with Gasteiger partial charge in [-0.1, -0.05) is 20.8 Å². The van der Waals surface area contributed by atoms with Crippen molar-refractivity contribution in [3.63, 3.8) is 0 Å². The molecular weight excluding hydrogens is 212 g/mol. The van der Waals surface area contributed by atoms with Crippen molar-refractivity contribution in [2.75, 3.05) is 39.4 Å². The fourth-order valence-electron chi connectivity index (χ4n) is 2.52.